The lowest BCUT2D eigenvalue weighted by Gasteiger charge is -2.19. The van der Waals surface area contributed by atoms with E-state index in [1.54, 1.807) is 12.1 Å². The summed E-state index contributed by atoms with van der Waals surface area (Å²) in [4.78, 5) is 10.7. The topological polar surface area (TPSA) is 83.6 Å². The number of amides is 1. The Morgan fingerprint density at radius 3 is 2.56 bits per heavy atom. The number of aliphatic hydroxyl groups excluding tert-OH is 2. The first-order valence-electron chi connectivity index (χ1n) is 5.28. The van der Waals surface area contributed by atoms with Crippen molar-refractivity contribution in [1.29, 1.82) is 0 Å². The second-order valence-corrected chi connectivity index (χ2v) is 3.73. The summed E-state index contributed by atoms with van der Waals surface area (Å²) in [7, 11) is 0. The Balaban J connectivity index is 2.86. The van der Waals surface area contributed by atoms with Crippen LogP contribution in [0.1, 0.15) is 30.6 Å². The molecule has 0 bridgehead atoms. The molecule has 0 aromatic heterocycles. The summed E-state index contributed by atoms with van der Waals surface area (Å²) >= 11 is 0. The molecule has 1 aromatic rings. The summed E-state index contributed by atoms with van der Waals surface area (Å²) < 4.78 is 0. The third-order valence-corrected chi connectivity index (χ3v) is 2.53. The fourth-order valence-electron chi connectivity index (χ4n) is 1.67. The minimum atomic E-state index is -1.15. The van der Waals surface area contributed by atoms with E-state index in [1.807, 2.05) is 19.1 Å². The third-order valence-electron chi connectivity index (χ3n) is 2.53. The van der Waals surface area contributed by atoms with Gasteiger partial charge in [-0.3, -0.25) is 4.79 Å². The summed E-state index contributed by atoms with van der Waals surface area (Å²) in [5.74, 6) is -0.625. The lowest BCUT2D eigenvalue weighted by Crippen LogP contribution is -2.26. The molecule has 0 aliphatic rings. The van der Waals surface area contributed by atoms with Gasteiger partial charge in [0.15, 0.2) is 0 Å². The highest BCUT2D eigenvalue weighted by molar-refractivity contribution is 5.74. The van der Waals surface area contributed by atoms with Crippen LogP contribution in [0.3, 0.4) is 0 Å². The zero-order valence-corrected chi connectivity index (χ0v) is 9.26. The van der Waals surface area contributed by atoms with Gasteiger partial charge in [-0.1, -0.05) is 31.2 Å². The number of hydrogen-bond donors (Lipinski definition) is 3. The van der Waals surface area contributed by atoms with Crippen molar-refractivity contribution in [2.45, 2.75) is 32.0 Å². The monoisotopic (exact) mass is 223 g/mol. The van der Waals surface area contributed by atoms with Gasteiger partial charge in [-0.15, -0.1) is 0 Å². The largest absolute Gasteiger partial charge is 0.390 e. The number of carbonyl (C=O) groups excluding carboxylic acids is 1. The standard InChI is InChI=1S/C12H17NO3/c1-2-8-5-3-4-6-9(8)12(16)10(14)7-11(13)15/h3-6,10,12,14,16H,2,7H2,1H3,(H2,13,15). The van der Waals surface area contributed by atoms with E-state index in [9.17, 15) is 15.0 Å². The van der Waals surface area contributed by atoms with Crippen molar-refractivity contribution in [3.05, 3.63) is 35.4 Å². The molecule has 4 heteroatoms. The van der Waals surface area contributed by atoms with Gasteiger partial charge in [0.2, 0.25) is 5.91 Å². The maximum Gasteiger partial charge on any atom is 0.220 e. The Hall–Kier alpha value is -1.39. The zero-order valence-electron chi connectivity index (χ0n) is 9.26. The lowest BCUT2D eigenvalue weighted by atomic mass is 9.96. The van der Waals surface area contributed by atoms with Gasteiger partial charge >= 0.3 is 0 Å². The fourth-order valence-corrected chi connectivity index (χ4v) is 1.67. The molecule has 2 unspecified atom stereocenters. The highest BCUT2D eigenvalue weighted by Crippen LogP contribution is 2.22. The van der Waals surface area contributed by atoms with Gasteiger partial charge in [-0.05, 0) is 17.5 Å². The Labute approximate surface area is 94.7 Å². The smallest absolute Gasteiger partial charge is 0.220 e. The van der Waals surface area contributed by atoms with Crippen LogP contribution in [-0.4, -0.2) is 22.2 Å². The second kappa shape index (κ2) is 5.63. The van der Waals surface area contributed by atoms with Crippen LogP contribution in [0, 0.1) is 0 Å². The quantitative estimate of drug-likeness (QED) is 0.680. The van der Waals surface area contributed by atoms with E-state index in [4.69, 9.17) is 5.73 Å². The Kier molecular flexibility index (Phi) is 4.46. The second-order valence-electron chi connectivity index (χ2n) is 3.73. The van der Waals surface area contributed by atoms with E-state index in [1.165, 1.54) is 0 Å². The molecule has 0 saturated carbocycles. The Morgan fingerprint density at radius 1 is 1.38 bits per heavy atom. The molecular weight excluding hydrogens is 206 g/mol. The van der Waals surface area contributed by atoms with Gasteiger partial charge in [0.05, 0.1) is 12.5 Å². The molecule has 4 N–H and O–H groups in total. The van der Waals surface area contributed by atoms with E-state index < -0.39 is 18.1 Å². The molecular formula is C12H17NO3. The highest BCUT2D eigenvalue weighted by atomic mass is 16.3. The van der Waals surface area contributed by atoms with E-state index in [0.717, 1.165) is 12.0 Å². The van der Waals surface area contributed by atoms with Crippen LogP contribution in [0.5, 0.6) is 0 Å². The van der Waals surface area contributed by atoms with Crippen molar-refractivity contribution in [3.8, 4) is 0 Å². The molecule has 0 saturated heterocycles. The van der Waals surface area contributed by atoms with Gasteiger partial charge in [-0.25, -0.2) is 0 Å². The Morgan fingerprint density at radius 2 is 2.00 bits per heavy atom. The number of carbonyl (C=O) groups is 1. The molecule has 0 aliphatic heterocycles. The van der Waals surface area contributed by atoms with Crippen LogP contribution < -0.4 is 5.73 Å². The Bertz CT molecular complexity index is 365. The first-order chi connectivity index (χ1) is 7.56. The lowest BCUT2D eigenvalue weighted by molar-refractivity contribution is -0.121. The third kappa shape index (κ3) is 3.05. The van der Waals surface area contributed by atoms with E-state index in [-0.39, 0.29) is 6.42 Å². The summed E-state index contributed by atoms with van der Waals surface area (Å²) in [6.07, 6.45) is -1.69. The first kappa shape index (κ1) is 12.7. The summed E-state index contributed by atoms with van der Waals surface area (Å²) in [6, 6.07) is 7.29. The van der Waals surface area contributed by atoms with Crippen molar-refractivity contribution < 1.29 is 15.0 Å². The summed E-state index contributed by atoms with van der Waals surface area (Å²) in [5.41, 5.74) is 6.58. The van der Waals surface area contributed by atoms with Crippen LogP contribution in [0.15, 0.2) is 24.3 Å². The number of primary amides is 1. The predicted molar refractivity (Wildman–Crippen MR) is 60.6 cm³/mol. The van der Waals surface area contributed by atoms with Crippen molar-refractivity contribution in [1.82, 2.24) is 0 Å². The van der Waals surface area contributed by atoms with Gasteiger partial charge in [0.1, 0.15) is 6.10 Å². The maximum atomic E-state index is 10.7. The molecule has 1 rings (SSSR count). The van der Waals surface area contributed by atoms with Crippen LogP contribution in [0.2, 0.25) is 0 Å². The van der Waals surface area contributed by atoms with Gasteiger partial charge in [0.25, 0.3) is 0 Å². The van der Waals surface area contributed by atoms with E-state index >= 15 is 0 Å². The number of aliphatic hydroxyl groups is 2. The average molecular weight is 223 g/mol. The molecule has 88 valence electrons. The average Bonchev–Trinajstić information content (AvgIpc) is 2.27. The number of rotatable bonds is 5. The van der Waals surface area contributed by atoms with E-state index in [0.29, 0.717) is 5.56 Å². The predicted octanol–water partition coefficient (Wildman–Crippen LogP) is 0.519. The van der Waals surface area contributed by atoms with Crippen LogP contribution >= 0.6 is 0 Å². The maximum absolute atomic E-state index is 10.7. The minimum absolute atomic E-state index is 0.237. The molecule has 0 spiro atoms. The molecule has 16 heavy (non-hydrogen) atoms. The summed E-state index contributed by atoms with van der Waals surface area (Å²) in [6.45, 7) is 1.96. The number of hydrogen-bond acceptors (Lipinski definition) is 3. The minimum Gasteiger partial charge on any atom is -0.390 e. The molecule has 2 atom stereocenters. The van der Waals surface area contributed by atoms with Gasteiger partial charge < -0.3 is 15.9 Å². The van der Waals surface area contributed by atoms with Crippen LogP contribution in [0.4, 0.5) is 0 Å². The molecule has 1 amide bonds. The van der Waals surface area contributed by atoms with Crippen molar-refractivity contribution in [3.63, 3.8) is 0 Å². The molecule has 4 nitrogen and oxygen atoms in total. The molecule has 0 aliphatic carbocycles. The fraction of sp³-hybridized carbons (Fsp3) is 0.417. The van der Waals surface area contributed by atoms with Gasteiger partial charge in [-0.2, -0.15) is 0 Å². The zero-order chi connectivity index (χ0) is 12.1. The SMILES string of the molecule is CCc1ccccc1C(O)C(O)CC(N)=O. The number of nitrogens with two attached hydrogens (primary N) is 1. The van der Waals surface area contributed by atoms with Crippen LogP contribution in [-0.2, 0) is 11.2 Å². The molecule has 1 aromatic carbocycles. The molecule has 0 fully saturated rings. The molecule has 0 heterocycles. The van der Waals surface area contributed by atoms with Crippen molar-refractivity contribution in [2.75, 3.05) is 0 Å². The van der Waals surface area contributed by atoms with Crippen molar-refractivity contribution in [2.24, 2.45) is 5.73 Å². The van der Waals surface area contributed by atoms with E-state index in [2.05, 4.69) is 0 Å². The normalized spacial score (nSPS) is 14.4. The van der Waals surface area contributed by atoms with Gasteiger partial charge in [0, 0.05) is 0 Å². The summed E-state index contributed by atoms with van der Waals surface area (Å²) in [5, 5.41) is 19.5. The molecule has 0 radical (unpaired) electrons. The van der Waals surface area contributed by atoms with Crippen molar-refractivity contribution >= 4 is 5.91 Å². The first-order valence-corrected chi connectivity index (χ1v) is 5.28. The number of aryl methyl sites for hydroxylation is 1. The highest BCUT2D eigenvalue weighted by Gasteiger charge is 2.21. The van der Waals surface area contributed by atoms with Crippen LogP contribution in [0.25, 0.3) is 0 Å². The number of benzene rings is 1.